The lowest BCUT2D eigenvalue weighted by Gasteiger charge is -2.22. The van der Waals surface area contributed by atoms with E-state index in [-0.39, 0.29) is 30.4 Å². The second kappa shape index (κ2) is 9.72. The summed E-state index contributed by atoms with van der Waals surface area (Å²) >= 11 is 0. The molecule has 11 nitrogen and oxygen atoms in total. The van der Waals surface area contributed by atoms with Gasteiger partial charge in [-0.05, 0) is 37.6 Å². The molecular formula is C22H22F2N10O. The summed E-state index contributed by atoms with van der Waals surface area (Å²) in [6.07, 6.45) is 2.97. The largest absolute Gasteiger partial charge is 0.396 e. The Bertz CT molecular complexity index is 1350. The zero-order valence-electron chi connectivity index (χ0n) is 19.0. The van der Waals surface area contributed by atoms with E-state index in [1.54, 1.807) is 20.1 Å². The molecule has 2 amide bonds. The van der Waals surface area contributed by atoms with Crippen molar-refractivity contribution < 1.29 is 13.6 Å². The van der Waals surface area contributed by atoms with Gasteiger partial charge in [0, 0.05) is 25.7 Å². The van der Waals surface area contributed by atoms with Crippen molar-refractivity contribution in [3.8, 4) is 11.9 Å². The number of aromatic nitrogens is 4. The van der Waals surface area contributed by atoms with Gasteiger partial charge < -0.3 is 16.4 Å². The first-order chi connectivity index (χ1) is 16.8. The summed E-state index contributed by atoms with van der Waals surface area (Å²) in [7, 11) is 0. The number of nitrogen functional groups attached to an aromatic ring is 1. The van der Waals surface area contributed by atoms with Crippen LogP contribution in [0.3, 0.4) is 0 Å². The second-order valence-electron chi connectivity index (χ2n) is 7.80. The third-order valence-corrected chi connectivity index (χ3v) is 5.43. The molecule has 3 heterocycles. The van der Waals surface area contributed by atoms with Crippen molar-refractivity contribution in [2.24, 2.45) is 5.10 Å². The topological polar surface area (TPSA) is 150 Å². The van der Waals surface area contributed by atoms with Crippen molar-refractivity contribution in [3.05, 3.63) is 58.5 Å². The lowest BCUT2D eigenvalue weighted by molar-refractivity contribution is 0.186. The average Bonchev–Trinajstić information content (AvgIpc) is 3.43. The fourth-order valence-electron chi connectivity index (χ4n) is 3.63. The number of urea groups is 1. The summed E-state index contributed by atoms with van der Waals surface area (Å²) in [6, 6.07) is 4.82. The van der Waals surface area contributed by atoms with Crippen LogP contribution in [0.2, 0.25) is 0 Å². The van der Waals surface area contributed by atoms with Crippen molar-refractivity contribution >= 4 is 23.9 Å². The number of carbonyl (C=O) groups is 1. The minimum atomic E-state index is -0.663. The van der Waals surface area contributed by atoms with E-state index in [9.17, 15) is 13.6 Å². The van der Waals surface area contributed by atoms with Gasteiger partial charge in [0.15, 0.2) is 11.6 Å². The number of benzene rings is 1. The zero-order chi connectivity index (χ0) is 25.1. The zero-order valence-corrected chi connectivity index (χ0v) is 19.0. The van der Waals surface area contributed by atoms with Crippen molar-refractivity contribution in [2.75, 3.05) is 24.1 Å². The van der Waals surface area contributed by atoms with Gasteiger partial charge in [-0.25, -0.2) is 28.3 Å². The van der Waals surface area contributed by atoms with Crippen molar-refractivity contribution in [2.45, 2.75) is 26.3 Å². The average molecular weight is 480 g/mol. The molecule has 4 N–H and O–H groups in total. The van der Waals surface area contributed by atoms with E-state index in [0.29, 0.717) is 29.1 Å². The van der Waals surface area contributed by atoms with E-state index < -0.39 is 23.7 Å². The molecule has 13 heteroatoms. The van der Waals surface area contributed by atoms with E-state index in [1.807, 2.05) is 6.07 Å². The monoisotopic (exact) mass is 480 g/mol. The highest BCUT2D eigenvalue weighted by atomic mass is 19.1. The van der Waals surface area contributed by atoms with Gasteiger partial charge in [-0.15, -0.1) is 0 Å². The van der Waals surface area contributed by atoms with Gasteiger partial charge in [0.1, 0.15) is 5.82 Å². The SMILES string of the molecule is Cc1nn(-c2nc(NCCNC(=O)N3N=CC[C@H]3c3cc(F)cc(C#N)c3)ncc2F)c(C)c1N. The molecule has 0 radical (unpaired) electrons. The quantitative estimate of drug-likeness (QED) is 0.459. The molecule has 2 aromatic heterocycles. The second-order valence-corrected chi connectivity index (χ2v) is 7.80. The number of halogens is 2. The van der Waals surface area contributed by atoms with Crippen LogP contribution in [0.5, 0.6) is 0 Å². The van der Waals surface area contributed by atoms with Gasteiger partial charge in [-0.3, -0.25) is 0 Å². The molecule has 1 aromatic carbocycles. The molecule has 0 fully saturated rings. The molecule has 0 aliphatic carbocycles. The maximum atomic E-state index is 14.3. The number of nitrogens with one attached hydrogen (secondary N) is 2. The normalized spacial score (nSPS) is 14.7. The lowest BCUT2D eigenvalue weighted by Crippen LogP contribution is -2.39. The molecule has 3 aromatic rings. The van der Waals surface area contributed by atoms with Gasteiger partial charge in [0.2, 0.25) is 5.95 Å². The number of nitriles is 1. The Labute approximate surface area is 199 Å². The number of hydrogen-bond acceptors (Lipinski definition) is 8. The standard InChI is InChI=1S/C22H22F2N10O/c1-12-19(26)13(2)33(32-12)20-17(24)11-29-21(31-20)27-5-6-28-22(35)34-18(3-4-30-34)15-7-14(10-25)8-16(23)9-15/h4,7-9,11,18H,3,5-6,26H2,1-2H3,(H,28,35)(H,27,29,31)/t18-/m0/s1. The number of anilines is 2. The molecule has 0 unspecified atom stereocenters. The molecule has 0 bridgehead atoms. The van der Waals surface area contributed by atoms with Crippen molar-refractivity contribution in [1.29, 1.82) is 5.26 Å². The number of aryl methyl sites for hydroxylation is 1. The van der Waals surface area contributed by atoms with Crippen LogP contribution in [-0.4, -0.2) is 50.1 Å². The van der Waals surface area contributed by atoms with E-state index in [1.165, 1.54) is 21.8 Å². The fourth-order valence-corrected chi connectivity index (χ4v) is 3.63. The van der Waals surface area contributed by atoms with Crippen LogP contribution < -0.4 is 16.4 Å². The third-order valence-electron chi connectivity index (χ3n) is 5.43. The van der Waals surface area contributed by atoms with Crippen LogP contribution in [0.15, 0.2) is 29.5 Å². The summed E-state index contributed by atoms with van der Waals surface area (Å²) in [5.74, 6) is -1.13. The Kier molecular flexibility index (Phi) is 6.54. The summed E-state index contributed by atoms with van der Waals surface area (Å²) in [4.78, 5) is 20.7. The van der Waals surface area contributed by atoms with Crippen LogP contribution in [0.25, 0.3) is 5.82 Å². The molecular weight excluding hydrogens is 458 g/mol. The summed E-state index contributed by atoms with van der Waals surface area (Å²) in [5, 5.41) is 24.2. The van der Waals surface area contributed by atoms with Gasteiger partial charge >= 0.3 is 6.03 Å². The fraction of sp³-hybridized carbons (Fsp3) is 0.273. The molecule has 0 spiro atoms. The van der Waals surface area contributed by atoms with E-state index in [2.05, 4.69) is 30.8 Å². The summed E-state index contributed by atoms with van der Waals surface area (Å²) < 4.78 is 29.5. The van der Waals surface area contributed by atoms with Crippen LogP contribution >= 0.6 is 0 Å². The maximum absolute atomic E-state index is 14.3. The summed E-state index contributed by atoms with van der Waals surface area (Å²) in [6.45, 7) is 3.83. The predicted molar refractivity (Wildman–Crippen MR) is 124 cm³/mol. The third kappa shape index (κ3) is 4.86. The minimum Gasteiger partial charge on any atom is -0.396 e. The molecule has 35 heavy (non-hydrogen) atoms. The number of nitrogens with two attached hydrogens (primary N) is 1. The Balaban J connectivity index is 1.36. The van der Waals surface area contributed by atoms with E-state index in [0.717, 1.165) is 12.3 Å². The first kappa shape index (κ1) is 23.6. The number of rotatable bonds is 6. The highest BCUT2D eigenvalue weighted by molar-refractivity contribution is 5.78. The van der Waals surface area contributed by atoms with Crippen LogP contribution in [0.4, 0.5) is 25.2 Å². The summed E-state index contributed by atoms with van der Waals surface area (Å²) in [5.41, 5.74) is 8.13. The van der Waals surface area contributed by atoms with Crippen LogP contribution in [-0.2, 0) is 0 Å². The number of nitrogens with zero attached hydrogens (tertiary/aromatic N) is 7. The Morgan fingerprint density at radius 1 is 1.29 bits per heavy atom. The smallest absolute Gasteiger partial charge is 0.338 e. The molecule has 1 aliphatic rings. The van der Waals surface area contributed by atoms with Gasteiger partial charge in [-0.1, -0.05) is 0 Å². The maximum Gasteiger partial charge on any atom is 0.338 e. The molecule has 4 rings (SSSR count). The number of hydrogen-bond donors (Lipinski definition) is 3. The molecule has 1 aliphatic heterocycles. The number of carbonyl (C=O) groups excluding carboxylic acids is 1. The van der Waals surface area contributed by atoms with Crippen molar-refractivity contribution in [1.82, 2.24) is 30.1 Å². The Hall–Kier alpha value is -4.60. The lowest BCUT2D eigenvalue weighted by atomic mass is 10.0. The van der Waals surface area contributed by atoms with E-state index >= 15 is 0 Å². The van der Waals surface area contributed by atoms with Crippen molar-refractivity contribution in [3.63, 3.8) is 0 Å². The minimum absolute atomic E-state index is 0.0510. The number of amides is 2. The molecule has 0 saturated carbocycles. The number of hydrazone groups is 1. The van der Waals surface area contributed by atoms with Crippen LogP contribution in [0, 0.1) is 36.8 Å². The van der Waals surface area contributed by atoms with Gasteiger partial charge in [0.05, 0.1) is 40.9 Å². The highest BCUT2D eigenvalue weighted by Crippen LogP contribution is 2.29. The first-order valence-corrected chi connectivity index (χ1v) is 10.7. The van der Waals surface area contributed by atoms with E-state index in [4.69, 9.17) is 11.0 Å². The predicted octanol–water partition coefficient (Wildman–Crippen LogP) is 2.57. The van der Waals surface area contributed by atoms with Crippen LogP contribution in [0.1, 0.15) is 35.0 Å². The first-order valence-electron chi connectivity index (χ1n) is 10.7. The highest BCUT2D eigenvalue weighted by Gasteiger charge is 2.28. The molecule has 1 atom stereocenters. The Morgan fingerprint density at radius 3 is 2.80 bits per heavy atom. The van der Waals surface area contributed by atoms with Gasteiger partial charge in [-0.2, -0.15) is 20.4 Å². The molecule has 0 saturated heterocycles. The molecule has 180 valence electrons. The Morgan fingerprint density at radius 2 is 2.09 bits per heavy atom. The van der Waals surface area contributed by atoms with Gasteiger partial charge in [0.25, 0.3) is 0 Å².